The number of non-ortho nitro benzene ring substituents is 1. The number of nitro groups is 1. The first-order chi connectivity index (χ1) is 11.8. The Morgan fingerprint density at radius 1 is 1.48 bits per heavy atom. The van der Waals surface area contributed by atoms with Gasteiger partial charge in [0.1, 0.15) is 22.8 Å². The number of nitrogens with zero attached hydrogens (tertiary/aromatic N) is 2. The number of β-lactam (4-membered cyclic amide) rings is 1. The average Bonchev–Trinajstić information content (AvgIpc) is 2.90. The minimum Gasteiger partial charge on any atom is -0.459 e. The van der Waals surface area contributed by atoms with Gasteiger partial charge in [-0.3, -0.25) is 14.9 Å². The van der Waals surface area contributed by atoms with Gasteiger partial charge in [-0.25, -0.2) is 4.79 Å². The van der Waals surface area contributed by atoms with Gasteiger partial charge in [-0.1, -0.05) is 15.9 Å². The first-order valence-electron chi connectivity index (χ1n) is 7.38. The van der Waals surface area contributed by atoms with Crippen molar-refractivity contribution in [2.75, 3.05) is 5.88 Å². The van der Waals surface area contributed by atoms with E-state index in [2.05, 4.69) is 15.9 Å². The lowest BCUT2D eigenvalue weighted by Gasteiger charge is -2.41. The molecule has 0 radical (unpaired) electrons. The second-order valence-electron chi connectivity index (χ2n) is 6.04. The second-order valence-corrected chi connectivity index (χ2v) is 8.94. The largest absolute Gasteiger partial charge is 0.459 e. The van der Waals surface area contributed by atoms with Crippen molar-refractivity contribution in [2.45, 2.75) is 34.5 Å². The fraction of sp³-hybridized carbons (Fsp3) is 0.467. The van der Waals surface area contributed by atoms with E-state index in [1.54, 1.807) is 0 Å². The number of hydrogen-bond acceptors (Lipinski definition) is 6. The van der Waals surface area contributed by atoms with Gasteiger partial charge in [-0.05, 0) is 24.6 Å². The van der Waals surface area contributed by atoms with Gasteiger partial charge >= 0.3 is 5.97 Å². The molecule has 2 saturated heterocycles. The highest BCUT2D eigenvalue weighted by atomic mass is 79.9. The molecule has 0 bridgehead atoms. The molecule has 0 spiro atoms. The Kier molecular flexibility index (Phi) is 5.00. The van der Waals surface area contributed by atoms with Crippen LogP contribution in [-0.4, -0.2) is 48.6 Å². The maximum absolute atomic E-state index is 12.6. The van der Waals surface area contributed by atoms with E-state index in [0.29, 0.717) is 5.56 Å². The monoisotopic (exact) mass is 448 g/mol. The fourth-order valence-electron chi connectivity index (χ4n) is 2.89. The molecule has 0 aromatic heterocycles. The lowest BCUT2D eigenvalue weighted by Crippen LogP contribution is -2.64. The van der Waals surface area contributed by atoms with E-state index >= 15 is 0 Å². The molecular weight excluding hydrogens is 436 g/mol. The van der Waals surface area contributed by atoms with Crippen molar-refractivity contribution < 1.29 is 19.2 Å². The molecule has 4 atom stereocenters. The molecule has 1 unspecified atom stereocenters. The van der Waals surface area contributed by atoms with Gasteiger partial charge in [-0.15, -0.1) is 23.4 Å². The molecule has 1 aromatic carbocycles. The van der Waals surface area contributed by atoms with E-state index in [9.17, 15) is 19.7 Å². The summed E-state index contributed by atoms with van der Waals surface area (Å²) in [6.07, 6.45) is 0. The Labute approximate surface area is 161 Å². The molecule has 3 rings (SSSR count). The minimum absolute atomic E-state index is 0.0270. The molecule has 2 fully saturated rings. The highest BCUT2D eigenvalue weighted by Crippen LogP contribution is 2.53. The van der Waals surface area contributed by atoms with E-state index < -0.39 is 21.7 Å². The van der Waals surface area contributed by atoms with Crippen molar-refractivity contribution in [1.29, 1.82) is 0 Å². The smallest absolute Gasteiger partial charge is 0.330 e. The number of carbonyl (C=O) groups is 2. The van der Waals surface area contributed by atoms with Crippen molar-refractivity contribution in [3.8, 4) is 0 Å². The lowest BCUT2D eigenvalue weighted by atomic mass is 9.98. The quantitative estimate of drug-likeness (QED) is 0.226. The number of halogens is 2. The van der Waals surface area contributed by atoms with Crippen LogP contribution in [0.4, 0.5) is 5.69 Å². The second kappa shape index (κ2) is 6.77. The summed E-state index contributed by atoms with van der Waals surface area (Å²) in [7, 11) is 0. The number of ether oxygens (including phenoxy) is 1. The fourth-order valence-corrected chi connectivity index (χ4v) is 5.57. The van der Waals surface area contributed by atoms with Crippen LogP contribution < -0.4 is 0 Å². The Morgan fingerprint density at radius 2 is 2.12 bits per heavy atom. The summed E-state index contributed by atoms with van der Waals surface area (Å²) in [5, 5.41) is 10.5. The predicted octanol–water partition coefficient (Wildman–Crippen LogP) is 2.68. The van der Waals surface area contributed by atoms with Crippen LogP contribution in [0.5, 0.6) is 0 Å². The number of alkyl halides is 2. The third-order valence-corrected chi connectivity index (χ3v) is 7.88. The zero-order valence-corrected chi connectivity index (χ0v) is 16.2. The van der Waals surface area contributed by atoms with Crippen molar-refractivity contribution >= 4 is 56.9 Å². The highest BCUT2D eigenvalue weighted by Gasteiger charge is 2.64. The average molecular weight is 450 g/mol. The predicted molar refractivity (Wildman–Crippen MR) is 96.7 cm³/mol. The maximum Gasteiger partial charge on any atom is 0.330 e. The van der Waals surface area contributed by atoms with Crippen LogP contribution in [0.1, 0.15) is 12.5 Å². The number of carbonyl (C=O) groups excluding carboxylic acids is 2. The van der Waals surface area contributed by atoms with Gasteiger partial charge in [0.25, 0.3) is 5.69 Å². The summed E-state index contributed by atoms with van der Waals surface area (Å²) >= 11 is 10.9. The van der Waals surface area contributed by atoms with Crippen LogP contribution in [0.15, 0.2) is 24.3 Å². The van der Waals surface area contributed by atoms with Crippen LogP contribution >= 0.6 is 39.3 Å². The van der Waals surface area contributed by atoms with Gasteiger partial charge in [0.15, 0.2) is 0 Å². The minimum atomic E-state index is -0.751. The molecule has 25 heavy (non-hydrogen) atoms. The first-order valence-corrected chi connectivity index (χ1v) is 9.71. The molecule has 10 heteroatoms. The van der Waals surface area contributed by atoms with Crippen LogP contribution in [0.2, 0.25) is 0 Å². The summed E-state index contributed by atoms with van der Waals surface area (Å²) in [4.78, 5) is 36.0. The summed E-state index contributed by atoms with van der Waals surface area (Å²) in [5.74, 6) is -0.470. The van der Waals surface area contributed by atoms with E-state index in [-0.39, 0.29) is 34.3 Å². The number of hydrogen-bond donors (Lipinski definition) is 0. The first kappa shape index (κ1) is 18.5. The van der Waals surface area contributed by atoms with Crippen molar-refractivity contribution in [3.05, 3.63) is 39.9 Å². The normalized spacial score (nSPS) is 30.6. The summed E-state index contributed by atoms with van der Waals surface area (Å²) < 4.78 is 4.73. The van der Waals surface area contributed by atoms with Crippen LogP contribution in [0.3, 0.4) is 0 Å². The van der Waals surface area contributed by atoms with E-state index in [1.165, 1.54) is 40.9 Å². The number of rotatable bonds is 5. The van der Waals surface area contributed by atoms with Gasteiger partial charge in [0, 0.05) is 18.0 Å². The zero-order chi connectivity index (χ0) is 18.4. The number of esters is 1. The molecule has 2 heterocycles. The van der Waals surface area contributed by atoms with Crippen LogP contribution in [0, 0.1) is 10.1 Å². The summed E-state index contributed by atoms with van der Waals surface area (Å²) in [6.45, 7) is 1.81. The SMILES string of the molecule is C[C@@]1(CCl)S[C@H]2C(Br)C(=O)N2[C@H]1C(=O)OCc1ccc([N+](=O)[O-])cc1. The molecule has 1 amide bonds. The van der Waals surface area contributed by atoms with Gasteiger partial charge < -0.3 is 9.64 Å². The molecule has 2 aliphatic rings. The van der Waals surface area contributed by atoms with Gasteiger partial charge in [-0.2, -0.15) is 0 Å². The maximum atomic E-state index is 12.6. The summed E-state index contributed by atoms with van der Waals surface area (Å²) in [6, 6.07) is 5.01. The van der Waals surface area contributed by atoms with E-state index in [0.717, 1.165) is 0 Å². The Balaban J connectivity index is 1.69. The number of fused-ring (bicyclic) bond motifs is 1. The molecular formula is C15H14BrClN2O5S. The number of benzene rings is 1. The van der Waals surface area contributed by atoms with Crippen LogP contribution in [0.25, 0.3) is 0 Å². The van der Waals surface area contributed by atoms with Crippen molar-refractivity contribution in [2.24, 2.45) is 0 Å². The molecule has 134 valence electrons. The standard InChI is InChI=1S/C15H14BrClN2O5S/c1-15(7-17)11(18-12(20)10(16)13(18)25-15)14(21)24-6-8-2-4-9(5-3-8)19(22)23/h2-5,10-11,13H,6-7H2,1H3/t10?,11-,13-,15-/m0/s1. The third-order valence-electron chi connectivity index (χ3n) is 4.28. The third kappa shape index (κ3) is 3.13. The molecule has 0 saturated carbocycles. The number of nitro benzene ring substituents is 1. The van der Waals surface area contributed by atoms with E-state index in [4.69, 9.17) is 16.3 Å². The molecule has 0 N–H and O–H groups in total. The Hall–Kier alpha value is -1.32. The summed E-state index contributed by atoms with van der Waals surface area (Å²) in [5.41, 5.74) is 0.594. The number of thioether (sulfide) groups is 1. The number of amides is 1. The molecule has 7 nitrogen and oxygen atoms in total. The van der Waals surface area contributed by atoms with Crippen LogP contribution in [-0.2, 0) is 20.9 Å². The van der Waals surface area contributed by atoms with Gasteiger partial charge in [0.05, 0.1) is 9.67 Å². The van der Waals surface area contributed by atoms with Gasteiger partial charge in [0.2, 0.25) is 5.91 Å². The molecule has 2 aliphatic heterocycles. The zero-order valence-electron chi connectivity index (χ0n) is 13.1. The Bertz CT molecular complexity index is 733. The highest BCUT2D eigenvalue weighted by molar-refractivity contribution is 9.10. The Morgan fingerprint density at radius 3 is 2.68 bits per heavy atom. The van der Waals surface area contributed by atoms with Crippen molar-refractivity contribution in [1.82, 2.24) is 4.90 Å². The topological polar surface area (TPSA) is 89.8 Å². The van der Waals surface area contributed by atoms with E-state index in [1.807, 2.05) is 6.92 Å². The lowest BCUT2D eigenvalue weighted by molar-refractivity contribution is -0.384. The molecule has 0 aliphatic carbocycles. The van der Waals surface area contributed by atoms with Crippen molar-refractivity contribution in [3.63, 3.8) is 0 Å². The molecule has 1 aromatic rings.